The molecule has 25 heavy (non-hydrogen) atoms. The average Bonchev–Trinajstić information content (AvgIpc) is 2.61. The predicted molar refractivity (Wildman–Crippen MR) is 106 cm³/mol. The van der Waals surface area contributed by atoms with Gasteiger partial charge in [0.25, 0.3) is 0 Å². The van der Waals surface area contributed by atoms with Gasteiger partial charge in [-0.25, -0.2) is 0 Å². The molecule has 0 fully saturated rings. The first kappa shape index (κ1) is 17.7. The molecule has 0 spiro atoms. The van der Waals surface area contributed by atoms with E-state index in [1.54, 1.807) is 6.07 Å². The average molecular weight is 372 g/mol. The summed E-state index contributed by atoms with van der Waals surface area (Å²) in [4.78, 5) is 0. The van der Waals surface area contributed by atoms with Crippen LogP contribution in [0, 0.1) is 6.92 Å². The minimum atomic E-state index is 0.408. The van der Waals surface area contributed by atoms with E-state index in [4.69, 9.17) is 27.9 Å². The predicted octanol–water partition coefficient (Wildman–Crippen LogP) is 6.49. The quantitative estimate of drug-likeness (QED) is 0.534. The van der Waals surface area contributed by atoms with E-state index in [1.165, 1.54) is 5.56 Å². The maximum atomic E-state index is 6.18. The molecule has 0 saturated heterocycles. The van der Waals surface area contributed by atoms with Gasteiger partial charge in [-0.2, -0.15) is 0 Å². The normalized spacial score (nSPS) is 10.5. The Balaban J connectivity index is 1.60. The molecule has 0 atom stereocenters. The molecule has 3 aromatic rings. The molecule has 0 amide bonds. The van der Waals surface area contributed by atoms with Gasteiger partial charge in [-0.15, -0.1) is 0 Å². The highest BCUT2D eigenvalue weighted by Gasteiger charge is 2.03. The Bertz CT molecular complexity index is 847. The van der Waals surface area contributed by atoms with Gasteiger partial charge in [0.1, 0.15) is 12.4 Å². The summed E-state index contributed by atoms with van der Waals surface area (Å²) >= 11 is 12.1. The summed E-state index contributed by atoms with van der Waals surface area (Å²) in [6.45, 7) is 3.23. The van der Waals surface area contributed by atoms with E-state index < -0.39 is 0 Å². The molecule has 0 heterocycles. The Labute approximate surface area is 158 Å². The van der Waals surface area contributed by atoms with E-state index in [9.17, 15) is 0 Å². The highest BCUT2D eigenvalue weighted by molar-refractivity contribution is 6.35. The molecule has 0 bridgehead atoms. The molecule has 0 saturated carbocycles. The van der Waals surface area contributed by atoms with E-state index in [0.717, 1.165) is 29.1 Å². The molecule has 0 aliphatic carbocycles. The molecule has 0 unspecified atom stereocenters. The van der Waals surface area contributed by atoms with Gasteiger partial charge in [-0.1, -0.05) is 59.1 Å². The van der Waals surface area contributed by atoms with Crippen LogP contribution in [0.4, 0.5) is 5.69 Å². The molecule has 0 aromatic heterocycles. The van der Waals surface area contributed by atoms with Crippen molar-refractivity contribution in [3.63, 3.8) is 0 Å². The minimum absolute atomic E-state index is 0.408. The van der Waals surface area contributed by atoms with Crippen molar-refractivity contribution in [2.75, 3.05) is 5.32 Å². The highest BCUT2D eigenvalue weighted by atomic mass is 35.5. The van der Waals surface area contributed by atoms with Crippen LogP contribution in [0.5, 0.6) is 5.75 Å². The molecule has 3 rings (SSSR count). The fourth-order valence-corrected chi connectivity index (χ4v) is 2.88. The first-order valence-corrected chi connectivity index (χ1v) is 8.82. The summed E-state index contributed by atoms with van der Waals surface area (Å²) in [5.74, 6) is 0.814. The number of hydrogen-bond acceptors (Lipinski definition) is 2. The third-order valence-electron chi connectivity index (χ3n) is 3.86. The number of ether oxygens (including phenoxy) is 1. The first-order chi connectivity index (χ1) is 12.1. The van der Waals surface area contributed by atoms with Crippen molar-refractivity contribution < 1.29 is 4.74 Å². The number of rotatable bonds is 6. The Morgan fingerprint density at radius 1 is 0.920 bits per heavy atom. The lowest BCUT2D eigenvalue weighted by Crippen LogP contribution is -2.01. The third kappa shape index (κ3) is 5.15. The van der Waals surface area contributed by atoms with Gasteiger partial charge in [0.15, 0.2) is 0 Å². The molecule has 0 radical (unpaired) electrons. The Hall–Kier alpha value is -2.16. The maximum absolute atomic E-state index is 6.18. The van der Waals surface area contributed by atoms with Crippen molar-refractivity contribution in [3.05, 3.63) is 93.5 Å². The van der Waals surface area contributed by atoms with Crippen molar-refractivity contribution in [1.29, 1.82) is 0 Å². The number of benzene rings is 3. The Morgan fingerprint density at radius 2 is 1.72 bits per heavy atom. The SMILES string of the molecule is Cc1ccc(NCc2cccc(OCc3ccc(Cl)cc3Cl)c2)cc1. The maximum Gasteiger partial charge on any atom is 0.120 e. The highest BCUT2D eigenvalue weighted by Crippen LogP contribution is 2.23. The Kier molecular flexibility index (Phi) is 5.85. The fraction of sp³-hybridized carbons (Fsp3) is 0.143. The van der Waals surface area contributed by atoms with Crippen molar-refractivity contribution >= 4 is 28.9 Å². The summed E-state index contributed by atoms with van der Waals surface area (Å²) in [5.41, 5.74) is 4.42. The van der Waals surface area contributed by atoms with E-state index in [1.807, 2.05) is 30.3 Å². The molecule has 0 aliphatic heterocycles. The molecule has 0 aliphatic rings. The minimum Gasteiger partial charge on any atom is -0.489 e. The fourth-order valence-electron chi connectivity index (χ4n) is 2.42. The molecule has 1 N–H and O–H groups in total. The number of hydrogen-bond donors (Lipinski definition) is 1. The summed E-state index contributed by atoms with van der Waals surface area (Å²) in [5, 5.41) is 4.65. The summed E-state index contributed by atoms with van der Waals surface area (Å²) in [6, 6.07) is 21.8. The second-order valence-electron chi connectivity index (χ2n) is 5.89. The van der Waals surface area contributed by atoms with Crippen molar-refractivity contribution in [1.82, 2.24) is 0 Å². The van der Waals surface area contributed by atoms with Crippen LogP contribution in [0.15, 0.2) is 66.7 Å². The van der Waals surface area contributed by atoms with E-state index in [2.05, 4.69) is 42.6 Å². The van der Waals surface area contributed by atoms with Gasteiger partial charge in [0, 0.05) is 27.8 Å². The zero-order chi connectivity index (χ0) is 17.6. The van der Waals surface area contributed by atoms with Gasteiger partial charge in [0.05, 0.1) is 0 Å². The molecular formula is C21H19Cl2NO. The van der Waals surface area contributed by atoms with Crippen LogP contribution in [0.1, 0.15) is 16.7 Å². The topological polar surface area (TPSA) is 21.3 Å². The van der Waals surface area contributed by atoms with Gasteiger partial charge in [-0.05, 0) is 48.9 Å². The monoisotopic (exact) mass is 371 g/mol. The number of halogens is 2. The molecular weight excluding hydrogens is 353 g/mol. The lowest BCUT2D eigenvalue weighted by Gasteiger charge is -2.11. The van der Waals surface area contributed by atoms with Crippen LogP contribution in [-0.2, 0) is 13.2 Å². The van der Waals surface area contributed by atoms with E-state index in [-0.39, 0.29) is 0 Å². The van der Waals surface area contributed by atoms with Crippen molar-refractivity contribution in [3.8, 4) is 5.75 Å². The van der Waals surface area contributed by atoms with Crippen LogP contribution in [0.2, 0.25) is 10.0 Å². The van der Waals surface area contributed by atoms with Crippen LogP contribution < -0.4 is 10.1 Å². The van der Waals surface area contributed by atoms with Gasteiger partial charge >= 0.3 is 0 Å². The zero-order valence-electron chi connectivity index (χ0n) is 13.9. The van der Waals surface area contributed by atoms with E-state index >= 15 is 0 Å². The lowest BCUT2D eigenvalue weighted by molar-refractivity contribution is 0.306. The van der Waals surface area contributed by atoms with Gasteiger partial charge < -0.3 is 10.1 Å². The van der Waals surface area contributed by atoms with Crippen molar-refractivity contribution in [2.45, 2.75) is 20.1 Å². The van der Waals surface area contributed by atoms with Crippen molar-refractivity contribution in [2.24, 2.45) is 0 Å². The Morgan fingerprint density at radius 3 is 2.48 bits per heavy atom. The summed E-state index contributed by atoms with van der Waals surface area (Å²) in [6.07, 6.45) is 0. The van der Waals surface area contributed by atoms with Gasteiger partial charge in [0.2, 0.25) is 0 Å². The standard InChI is InChI=1S/C21H19Cl2NO/c1-15-5-9-19(10-6-15)24-13-16-3-2-4-20(11-16)25-14-17-7-8-18(22)12-21(17)23/h2-12,24H,13-14H2,1H3. The number of anilines is 1. The number of aryl methyl sites for hydroxylation is 1. The largest absolute Gasteiger partial charge is 0.489 e. The second-order valence-corrected chi connectivity index (χ2v) is 6.74. The summed E-state index contributed by atoms with van der Waals surface area (Å²) in [7, 11) is 0. The molecule has 4 heteroatoms. The molecule has 2 nitrogen and oxygen atoms in total. The van der Waals surface area contributed by atoms with Gasteiger partial charge in [-0.3, -0.25) is 0 Å². The smallest absolute Gasteiger partial charge is 0.120 e. The zero-order valence-corrected chi connectivity index (χ0v) is 15.4. The van der Waals surface area contributed by atoms with Crippen LogP contribution in [0.3, 0.4) is 0 Å². The van der Waals surface area contributed by atoms with Crippen LogP contribution in [-0.4, -0.2) is 0 Å². The number of nitrogens with one attached hydrogen (secondary N) is 1. The molecule has 3 aromatic carbocycles. The van der Waals surface area contributed by atoms with E-state index in [0.29, 0.717) is 16.7 Å². The van der Waals surface area contributed by atoms with Crippen LogP contribution >= 0.6 is 23.2 Å². The third-order valence-corrected chi connectivity index (χ3v) is 4.44. The lowest BCUT2D eigenvalue weighted by atomic mass is 10.2. The molecule has 128 valence electrons. The van der Waals surface area contributed by atoms with Crippen LogP contribution in [0.25, 0.3) is 0 Å². The first-order valence-electron chi connectivity index (χ1n) is 8.06. The summed E-state index contributed by atoms with van der Waals surface area (Å²) < 4.78 is 5.87. The second kappa shape index (κ2) is 8.28.